The highest BCUT2D eigenvalue weighted by Crippen LogP contribution is 2.27. The van der Waals surface area contributed by atoms with Crippen molar-refractivity contribution >= 4 is 16.1 Å². The molecule has 16 heavy (non-hydrogen) atoms. The molecule has 0 N–H and O–H groups in total. The highest BCUT2D eigenvalue weighted by Gasteiger charge is 2.39. The number of halogens is 3. The van der Waals surface area contributed by atoms with Crippen molar-refractivity contribution in [2.75, 3.05) is 12.9 Å². The topological polar surface area (TPSA) is 69.7 Å². The molecule has 0 saturated heterocycles. The van der Waals surface area contributed by atoms with Crippen molar-refractivity contribution in [2.45, 2.75) is 13.1 Å². The van der Waals surface area contributed by atoms with Crippen molar-refractivity contribution in [2.24, 2.45) is 0 Å². The molecule has 94 valence electrons. The lowest BCUT2D eigenvalue weighted by Gasteiger charge is -2.10. The van der Waals surface area contributed by atoms with Crippen molar-refractivity contribution in [3.05, 3.63) is 11.8 Å². The number of allylic oxidation sites excluding steroid dienone is 1. The molecular weight excluding hydrogens is 253 g/mol. The van der Waals surface area contributed by atoms with Crippen LogP contribution in [0.25, 0.3) is 0 Å². The van der Waals surface area contributed by atoms with E-state index < -0.39 is 28.0 Å². The van der Waals surface area contributed by atoms with E-state index in [4.69, 9.17) is 0 Å². The molecule has 0 unspecified atom stereocenters. The number of carbonyl (C=O) groups excluding carboxylic acids is 1. The molecule has 0 heterocycles. The van der Waals surface area contributed by atoms with Gasteiger partial charge >= 0.3 is 22.3 Å². The van der Waals surface area contributed by atoms with Crippen LogP contribution in [-0.4, -0.2) is 33.4 Å². The summed E-state index contributed by atoms with van der Waals surface area (Å²) < 4.78 is 65.4. The summed E-state index contributed by atoms with van der Waals surface area (Å²) in [5.41, 5.74) is 0. The Kier molecular flexibility index (Phi) is 4.79. The van der Waals surface area contributed by atoms with Crippen LogP contribution in [0.4, 0.5) is 13.2 Å². The van der Waals surface area contributed by atoms with Crippen molar-refractivity contribution in [1.29, 1.82) is 0 Å². The van der Waals surface area contributed by atoms with E-state index in [1.807, 2.05) is 0 Å². The van der Waals surface area contributed by atoms with Crippen LogP contribution in [0.1, 0.15) is 6.92 Å². The number of rotatable bonds is 4. The maximum absolute atomic E-state index is 12.2. The summed E-state index contributed by atoms with van der Waals surface area (Å²) in [6.45, 7) is 1.25. The van der Waals surface area contributed by atoms with Crippen LogP contribution in [0.5, 0.6) is 0 Å². The second-order valence-electron chi connectivity index (χ2n) is 2.55. The average molecular weight is 262 g/mol. The van der Waals surface area contributed by atoms with Gasteiger partial charge < -0.3 is 8.92 Å². The first-order valence-corrected chi connectivity index (χ1v) is 5.73. The Morgan fingerprint density at radius 1 is 1.38 bits per heavy atom. The zero-order valence-corrected chi connectivity index (χ0v) is 9.18. The van der Waals surface area contributed by atoms with Crippen LogP contribution >= 0.6 is 0 Å². The minimum atomic E-state index is -5.09. The molecule has 0 aliphatic heterocycles. The van der Waals surface area contributed by atoms with Crippen molar-refractivity contribution in [3.63, 3.8) is 0 Å². The van der Waals surface area contributed by atoms with E-state index in [1.54, 1.807) is 0 Å². The molecule has 0 amide bonds. The van der Waals surface area contributed by atoms with E-state index in [-0.39, 0.29) is 12.7 Å². The highest BCUT2D eigenvalue weighted by molar-refractivity contribution is 7.86. The molecule has 0 fully saturated rings. The number of carbonyl (C=O) groups is 1. The molecule has 0 radical (unpaired) electrons. The second-order valence-corrected chi connectivity index (χ2v) is 4.12. The molecule has 0 aliphatic carbocycles. The van der Waals surface area contributed by atoms with E-state index in [1.165, 1.54) is 6.92 Å². The fourth-order valence-corrected chi connectivity index (χ4v) is 1.08. The van der Waals surface area contributed by atoms with Gasteiger partial charge in [0.05, 0.1) is 18.9 Å². The molecule has 0 saturated carbocycles. The van der Waals surface area contributed by atoms with Gasteiger partial charge in [-0.05, 0) is 6.92 Å². The lowest BCUT2D eigenvalue weighted by molar-refractivity contribution is -0.140. The van der Waals surface area contributed by atoms with Gasteiger partial charge in [-0.2, -0.15) is 21.6 Å². The van der Waals surface area contributed by atoms with Crippen molar-refractivity contribution < 1.29 is 35.3 Å². The molecule has 0 rings (SSSR count). The fraction of sp³-hybridized carbons (Fsp3) is 0.571. The first kappa shape index (κ1) is 14.8. The predicted octanol–water partition coefficient (Wildman–Crippen LogP) is 0.972. The number of hydrogen-bond acceptors (Lipinski definition) is 5. The van der Waals surface area contributed by atoms with Crippen LogP contribution in [-0.2, 0) is 23.8 Å². The maximum Gasteiger partial charge on any atom is 0.450 e. The molecular formula is C7H9F3O5S. The SMILES string of the molecule is CCOC(=O)/C=C(\OS(C)(=O)=O)C(F)(F)F. The first-order valence-electron chi connectivity index (χ1n) is 3.91. The Hall–Kier alpha value is -1.25. The molecule has 0 aliphatic rings. The highest BCUT2D eigenvalue weighted by atomic mass is 32.2. The average Bonchev–Trinajstić information content (AvgIpc) is 1.98. The lowest BCUT2D eigenvalue weighted by Crippen LogP contribution is -2.19. The van der Waals surface area contributed by atoms with E-state index in [9.17, 15) is 26.4 Å². The van der Waals surface area contributed by atoms with Gasteiger partial charge in [0.15, 0.2) is 0 Å². The van der Waals surface area contributed by atoms with Crippen LogP contribution in [0.15, 0.2) is 11.8 Å². The van der Waals surface area contributed by atoms with Crippen LogP contribution in [0.2, 0.25) is 0 Å². The van der Waals surface area contributed by atoms with Gasteiger partial charge in [-0.15, -0.1) is 0 Å². The summed E-state index contributed by atoms with van der Waals surface area (Å²) in [6.07, 6.45) is -4.72. The molecule has 0 atom stereocenters. The summed E-state index contributed by atoms with van der Waals surface area (Å²) in [5, 5.41) is 0. The van der Waals surface area contributed by atoms with Gasteiger partial charge in [-0.25, -0.2) is 4.79 Å². The Morgan fingerprint density at radius 3 is 2.19 bits per heavy atom. The number of hydrogen-bond donors (Lipinski definition) is 0. The third-order valence-electron chi connectivity index (χ3n) is 1.06. The maximum atomic E-state index is 12.2. The zero-order valence-electron chi connectivity index (χ0n) is 8.37. The van der Waals surface area contributed by atoms with Gasteiger partial charge in [-0.1, -0.05) is 0 Å². The Bertz CT molecular complexity index is 381. The minimum Gasteiger partial charge on any atom is -0.463 e. The number of alkyl halides is 3. The van der Waals surface area contributed by atoms with Crippen LogP contribution in [0.3, 0.4) is 0 Å². The summed E-state index contributed by atoms with van der Waals surface area (Å²) in [4.78, 5) is 10.7. The van der Waals surface area contributed by atoms with Gasteiger partial charge in [0.25, 0.3) is 0 Å². The quantitative estimate of drug-likeness (QED) is 0.327. The van der Waals surface area contributed by atoms with Crippen molar-refractivity contribution in [3.8, 4) is 0 Å². The summed E-state index contributed by atoms with van der Waals surface area (Å²) in [6, 6.07) is 0. The lowest BCUT2D eigenvalue weighted by atomic mass is 10.4. The summed E-state index contributed by atoms with van der Waals surface area (Å²) >= 11 is 0. The third-order valence-corrected chi connectivity index (χ3v) is 1.54. The molecule has 0 spiro atoms. The number of ether oxygens (including phenoxy) is 1. The normalized spacial score (nSPS) is 13.4. The third kappa shape index (κ3) is 6.27. The molecule has 5 nitrogen and oxygen atoms in total. The van der Waals surface area contributed by atoms with Gasteiger partial charge in [0, 0.05) is 0 Å². The smallest absolute Gasteiger partial charge is 0.450 e. The molecule has 9 heteroatoms. The van der Waals surface area contributed by atoms with Gasteiger partial charge in [-0.3, -0.25) is 0 Å². The second kappa shape index (κ2) is 5.19. The van der Waals surface area contributed by atoms with Crippen LogP contribution in [0, 0.1) is 0 Å². The largest absolute Gasteiger partial charge is 0.463 e. The summed E-state index contributed by atoms with van der Waals surface area (Å²) in [5.74, 6) is -3.27. The Morgan fingerprint density at radius 2 is 1.88 bits per heavy atom. The Balaban J connectivity index is 5.04. The van der Waals surface area contributed by atoms with E-state index in [0.29, 0.717) is 6.26 Å². The molecule has 0 aromatic carbocycles. The predicted molar refractivity (Wildman–Crippen MR) is 46.7 cm³/mol. The van der Waals surface area contributed by atoms with E-state index in [2.05, 4.69) is 8.92 Å². The minimum absolute atomic E-state index is 0.0649. The van der Waals surface area contributed by atoms with Crippen LogP contribution < -0.4 is 0 Å². The van der Waals surface area contributed by atoms with E-state index >= 15 is 0 Å². The monoisotopic (exact) mass is 262 g/mol. The molecule has 0 bridgehead atoms. The number of esters is 1. The molecule has 0 aromatic rings. The van der Waals surface area contributed by atoms with Crippen molar-refractivity contribution in [1.82, 2.24) is 0 Å². The first-order chi connectivity index (χ1) is 7.06. The fourth-order valence-electron chi connectivity index (χ4n) is 0.607. The standard InChI is InChI=1S/C7H9F3O5S/c1-3-14-6(11)4-5(7(8,9)10)15-16(2,12)13/h4H,3H2,1-2H3/b5-4-. The molecule has 0 aromatic heterocycles. The van der Waals surface area contributed by atoms with E-state index in [0.717, 1.165) is 0 Å². The van der Waals surface area contributed by atoms with Gasteiger partial charge in [0.1, 0.15) is 0 Å². The zero-order chi connectivity index (χ0) is 13.0. The summed E-state index contributed by atoms with van der Waals surface area (Å²) in [7, 11) is -4.36. The van der Waals surface area contributed by atoms with Gasteiger partial charge in [0.2, 0.25) is 5.76 Å². The Labute approximate surface area is 90.0 Å².